The first-order chi connectivity index (χ1) is 9.11. The molecule has 1 amide bonds. The van der Waals surface area contributed by atoms with Crippen molar-refractivity contribution in [2.24, 2.45) is 0 Å². The maximum Gasteiger partial charge on any atom is 0.266 e. The minimum absolute atomic E-state index is 0.00317. The second-order valence-electron chi connectivity index (χ2n) is 4.24. The minimum atomic E-state index is 0.00317. The number of nitrogens with zero attached hydrogens (tertiary/aromatic N) is 1. The molecular weight excluding hydrogens is 298 g/mol. The minimum Gasteiger partial charge on any atom is -0.293 e. The van der Waals surface area contributed by atoms with Crippen LogP contribution in [-0.2, 0) is 4.79 Å². The van der Waals surface area contributed by atoms with Crippen LogP contribution in [0.1, 0.15) is 25.3 Å². The van der Waals surface area contributed by atoms with Gasteiger partial charge in [0, 0.05) is 11.6 Å². The molecular formula is C14H14ClNOS2. The molecule has 1 aromatic carbocycles. The fourth-order valence-electron chi connectivity index (χ4n) is 1.76. The van der Waals surface area contributed by atoms with E-state index in [4.69, 9.17) is 23.8 Å². The monoisotopic (exact) mass is 311 g/mol. The van der Waals surface area contributed by atoms with Crippen molar-refractivity contribution in [2.75, 3.05) is 6.54 Å². The molecule has 19 heavy (non-hydrogen) atoms. The van der Waals surface area contributed by atoms with E-state index in [9.17, 15) is 4.79 Å². The van der Waals surface area contributed by atoms with Gasteiger partial charge in [0.05, 0.1) is 4.91 Å². The summed E-state index contributed by atoms with van der Waals surface area (Å²) in [5.74, 6) is 0.00317. The Balaban J connectivity index is 2.18. The average Bonchev–Trinajstić information content (AvgIpc) is 2.62. The number of unbranched alkanes of at least 4 members (excludes halogenated alkanes) is 1. The third-order valence-corrected chi connectivity index (χ3v) is 4.37. The highest BCUT2D eigenvalue weighted by Gasteiger charge is 2.31. The second kappa shape index (κ2) is 6.55. The van der Waals surface area contributed by atoms with Crippen LogP contribution in [0.5, 0.6) is 0 Å². The molecule has 1 aliphatic heterocycles. The van der Waals surface area contributed by atoms with Crippen molar-refractivity contribution in [3.05, 3.63) is 39.8 Å². The summed E-state index contributed by atoms with van der Waals surface area (Å²) >= 11 is 12.5. The van der Waals surface area contributed by atoms with Crippen molar-refractivity contribution in [3.63, 3.8) is 0 Å². The maximum absolute atomic E-state index is 12.2. The molecule has 1 aliphatic rings. The second-order valence-corrected chi connectivity index (χ2v) is 6.35. The first-order valence-electron chi connectivity index (χ1n) is 6.12. The Bertz CT molecular complexity index is 542. The van der Waals surface area contributed by atoms with Crippen LogP contribution in [0, 0.1) is 0 Å². The summed E-state index contributed by atoms with van der Waals surface area (Å²) in [5.41, 5.74) is 0.920. The van der Waals surface area contributed by atoms with E-state index in [1.165, 1.54) is 11.8 Å². The topological polar surface area (TPSA) is 20.3 Å². The summed E-state index contributed by atoms with van der Waals surface area (Å²) < 4.78 is 0.645. The van der Waals surface area contributed by atoms with E-state index >= 15 is 0 Å². The van der Waals surface area contributed by atoms with Crippen LogP contribution >= 0.6 is 35.6 Å². The smallest absolute Gasteiger partial charge is 0.266 e. The molecule has 1 saturated heterocycles. The van der Waals surface area contributed by atoms with E-state index < -0.39 is 0 Å². The summed E-state index contributed by atoms with van der Waals surface area (Å²) in [7, 11) is 0. The summed E-state index contributed by atoms with van der Waals surface area (Å²) in [4.78, 5) is 14.6. The lowest BCUT2D eigenvalue weighted by molar-refractivity contribution is -0.122. The highest BCUT2D eigenvalue weighted by molar-refractivity contribution is 8.26. The molecule has 0 unspecified atom stereocenters. The molecule has 0 saturated carbocycles. The zero-order valence-electron chi connectivity index (χ0n) is 10.6. The van der Waals surface area contributed by atoms with Gasteiger partial charge in [-0.25, -0.2) is 0 Å². The van der Waals surface area contributed by atoms with Crippen molar-refractivity contribution in [1.82, 2.24) is 4.90 Å². The number of carbonyl (C=O) groups is 1. The summed E-state index contributed by atoms with van der Waals surface area (Å²) in [6.07, 6.45) is 3.86. The van der Waals surface area contributed by atoms with Crippen molar-refractivity contribution in [2.45, 2.75) is 19.8 Å². The van der Waals surface area contributed by atoms with Gasteiger partial charge in [0.2, 0.25) is 0 Å². The highest BCUT2D eigenvalue weighted by atomic mass is 35.5. The lowest BCUT2D eigenvalue weighted by Crippen LogP contribution is -2.28. The molecule has 2 nitrogen and oxygen atoms in total. The lowest BCUT2D eigenvalue weighted by Gasteiger charge is -2.12. The Morgan fingerprint density at radius 1 is 1.47 bits per heavy atom. The van der Waals surface area contributed by atoms with Crippen LogP contribution in [0.4, 0.5) is 0 Å². The van der Waals surface area contributed by atoms with Gasteiger partial charge in [0.25, 0.3) is 5.91 Å². The van der Waals surface area contributed by atoms with Gasteiger partial charge in [-0.3, -0.25) is 9.69 Å². The van der Waals surface area contributed by atoms with Gasteiger partial charge < -0.3 is 0 Å². The number of thioether (sulfide) groups is 1. The largest absolute Gasteiger partial charge is 0.293 e. The summed E-state index contributed by atoms with van der Waals surface area (Å²) in [5, 5.41) is 0.662. The van der Waals surface area contributed by atoms with E-state index in [1.807, 2.05) is 30.3 Å². The first-order valence-corrected chi connectivity index (χ1v) is 7.73. The van der Waals surface area contributed by atoms with E-state index in [2.05, 4.69) is 6.92 Å². The van der Waals surface area contributed by atoms with Gasteiger partial charge in [-0.05, 0) is 30.2 Å². The molecule has 5 heteroatoms. The number of amides is 1. The number of carbonyl (C=O) groups excluding carboxylic acids is 1. The van der Waals surface area contributed by atoms with E-state index in [0.717, 1.165) is 18.4 Å². The zero-order chi connectivity index (χ0) is 13.8. The van der Waals surface area contributed by atoms with Gasteiger partial charge in [-0.15, -0.1) is 0 Å². The van der Waals surface area contributed by atoms with Crippen LogP contribution in [0.3, 0.4) is 0 Å². The van der Waals surface area contributed by atoms with Crippen molar-refractivity contribution >= 4 is 51.9 Å². The standard InChI is InChI=1S/C14H14ClNOS2/c1-2-3-7-16-13(17)12(19-14(16)18)9-10-5-4-6-11(15)8-10/h4-6,8-9H,2-3,7H2,1H3. The SMILES string of the molecule is CCCCN1C(=O)C(=Cc2cccc(Cl)c2)SC1=S. The van der Waals surface area contributed by atoms with E-state index in [1.54, 1.807) is 4.90 Å². The average molecular weight is 312 g/mol. The Morgan fingerprint density at radius 2 is 2.26 bits per heavy atom. The van der Waals surface area contributed by atoms with Gasteiger partial charge >= 0.3 is 0 Å². The van der Waals surface area contributed by atoms with Crippen molar-refractivity contribution in [3.8, 4) is 0 Å². The number of rotatable bonds is 4. The van der Waals surface area contributed by atoms with E-state index in [-0.39, 0.29) is 5.91 Å². The predicted octanol–water partition coefficient (Wildman–Crippen LogP) is 4.34. The van der Waals surface area contributed by atoms with Crippen LogP contribution < -0.4 is 0 Å². The molecule has 0 N–H and O–H groups in total. The quantitative estimate of drug-likeness (QED) is 0.609. The number of benzene rings is 1. The molecule has 0 aromatic heterocycles. The summed E-state index contributed by atoms with van der Waals surface area (Å²) in [6, 6.07) is 7.43. The Labute approximate surface area is 127 Å². The van der Waals surface area contributed by atoms with Crippen LogP contribution in [-0.4, -0.2) is 21.7 Å². The van der Waals surface area contributed by atoms with Crippen molar-refractivity contribution < 1.29 is 4.79 Å². The fourth-order valence-corrected chi connectivity index (χ4v) is 3.26. The summed E-state index contributed by atoms with van der Waals surface area (Å²) in [6.45, 7) is 2.80. The molecule has 1 aromatic rings. The maximum atomic E-state index is 12.2. The van der Waals surface area contributed by atoms with Crippen molar-refractivity contribution in [1.29, 1.82) is 0 Å². The molecule has 0 bridgehead atoms. The third kappa shape index (κ3) is 3.59. The Morgan fingerprint density at radius 3 is 2.95 bits per heavy atom. The van der Waals surface area contributed by atoms with E-state index in [0.29, 0.717) is 20.8 Å². The molecule has 0 spiro atoms. The molecule has 100 valence electrons. The van der Waals surface area contributed by atoms with Crippen LogP contribution in [0.2, 0.25) is 5.02 Å². The molecule has 2 rings (SSSR count). The Hall–Kier alpha value is -0.840. The number of thiocarbonyl (C=S) groups is 1. The number of hydrogen-bond acceptors (Lipinski definition) is 3. The molecule has 1 heterocycles. The molecule has 1 fully saturated rings. The lowest BCUT2D eigenvalue weighted by atomic mass is 10.2. The van der Waals surface area contributed by atoms with Gasteiger partial charge in [0.15, 0.2) is 0 Å². The van der Waals surface area contributed by atoms with Gasteiger partial charge in [-0.2, -0.15) is 0 Å². The van der Waals surface area contributed by atoms with Crippen LogP contribution in [0.25, 0.3) is 6.08 Å². The third-order valence-electron chi connectivity index (χ3n) is 2.76. The normalized spacial score (nSPS) is 17.6. The predicted molar refractivity (Wildman–Crippen MR) is 86.2 cm³/mol. The fraction of sp³-hybridized carbons (Fsp3) is 0.286. The highest BCUT2D eigenvalue weighted by Crippen LogP contribution is 2.32. The molecule has 0 atom stereocenters. The van der Waals surface area contributed by atoms with Gasteiger partial charge in [-0.1, -0.05) is 61.1 Å². The van der Waals surface area contributed by atoms with Gasteiger partial charge in [0.1, 0.15) is 4.32 Å². The molecule has 0 aliphatic carbocycles. The first kappa shape index (κ1) is 14.6. The number of hydrogen-bond donors (Lipinski definition) is 0. The zero-order valence-corrected chi connectivity index (χ0v) is 12.9. The Kier molecular flexibility index (Phi) is 5.02. The van der Waals surface area contributed by atoms with Crippen LogP contribution in [0.15, 0.2) is 29.2 Å². The number of halogens is 1. The molecule has 0 radical (unpaired) electrons.